The molecule has 5 heteroatoms. The number of carbonyl (C=O) groups excluding carboxylic acids is 1. The maximum atomic E-state index is 10.9. The largest absolute Gasteiger partial charge is 0.490 e. The molecule has 0 radical (unpaired) electrons. The van der Waals surface area contributed by atoms with Gasteiger partial charge in [0.2, 0.25) is 0 Å². The molecule has 0 aliphatic heterocycles. The van der Waals surface area contributed by atoms with E-state index >= 15 is 0 Å². The Kier molecular flexibility index (Phi) is 2.38. The van der Waals surface area contributed by atoms with Gasteiger partial charge in [0.25, 0.3) is 0 Å². The van der Waals surface area contributed by atoms with Crippen molar-refractivity contribution in [1.29, 1.82) is 0 Å². The first-order valence-corrected chi connectivity index (χ1v) is 4.92. The number of nitro groups is 1. The highest BCUT2D eigenvalue weighted by atomic mass is 16.6. The van der Waals surface area contributed by atoms with E-state index in [-0.39, 0.29) is 11.4 Å². The van der Waals surface area contributed by atoms with Gasteiger partial charge in [-0.05, 0) is 24.5 Å². The van der Waals surface area contributed by atoms with Gasteiger partial charge >= 0.3 is 5.69 Å². The van der Waals surface area contributed by atoms with E-state index in [1.165, 1.54) is 13.2 Å². The summed E-state index contributed by atoms with van der Waals surface area (Å²) in [5, 5.41) is 10.7. The minimum Gasteiger partial charge on any atom is -0.490 e. The molecule has 1 fully saturated rings. The molecular formula is C11H11NO4. The second kappa shape index (κ2) is 3.59. The van der Waals surface area contributed by atoms with E-state index in [0.29, 0.717) is 0 Å². The smallest absolute Gasteiger partial charge is 0.310 e. The molecule has 0 aromatic heterocycles. The van der Waals surface area contributed by atoms with Crippen LogP contribution in [0.5, 0.6) is 5.75 Å². The van der Waals surface area contributed by atoms with Crippen molar-refractivity contribution in [2.24, 2.45) is 0 Å². The van der Waals surface area contributed by atoms with Crippen LogP contribution in [-0.4, -0.2) is 18.3 Å². The minimum atomic E-state index is -0.497. The third-order valence-corrected chi connectivity index (χ3v) is 2.97. The van der Waals surface area contributed by atoms with E-state index in [1.54, 1.807) is 12.1 Å². The molecule has 5 nitrogen and oxygen atoms in total. The lowest BCUT2D eigenvalue weighted by Crippen LogP contribution is -2.08. The zero-order valence-corrected chi connectivity index (χ0v) is 8.80. The summed E-state index contributed by atoms with van der Waals surface area (Å²) in [6, 6.07) is 4.60. The van der Waals surface area contributed by atoms with Crippen molar-refractivity contribution in [2.75, 3.05) is 7.11 Å². The van der Waals surface area contributed by atoms with Crippen LogP contribution in [-0.2, 0) is 10.2 Å². The lowest BCUT2D eigenvalue weighted by atomic mass is 9.97. The third-order valence-electron chi connectivity index (χ3n) is 2.97. The summed E-state index contributed by atoms with van der Waals surface area (Å²) in [6.45, 7) is 0. The zero-order valence-electron chi connectivity index (χ0n) is 8.80. The molecular weight excluding hydrogens is 210 g/mol. The summed E-state index contributed by atoms with van der Waals surface area (Å²) < 4.78 is 4.96. The van der Waals surface area contributed by atoms with Crippen molar-refractivity contribution in [1.82, 2.24) is 0 Å². The standard InChI is InChI=1S/C11H11NO4/c1-16-10-6-8(11(7-13)4-5-11)2-3-9(10)12(14)15/h2-3,6-7H,4-5H2,1H3. The third kappa shape index (κ3) is 1.54. The summed E-state index contributed by atoms with van der Waals surface area (Å²) >= 11 is 0. The number of methoxy groups -OCH3 is 1. The monoisotopic (exact) mass is 221 g/mol. The van der Waals surface area contributed by atoms with Crippen LogP contribution < -0.4 is 4.74 Å². The van der Waals surface area contributed by atoms with Gasteiger partial charge in [-0.1, -0.05) is 6.07 Å². The van der Waals surface area contributed by atoms with Crippen molar-refractivity contribution >= 4 is 12.0 Å². The Hall–Kier alpha value is -1.91. The molecule has 1 aliphatic rings. The number of ether oxygens (including phenoxy) is 1. The van der Waals surface area contributed by atoms with Crippen molar-refractivity contribution in [3.8, 4) is 5.75 Å². The van der Waals surface area contributed by atoms with Crippen LogP contribution in [0.2, 0.25) is 0 Å². The van der Waals surface area contributed by atoms with Crippen LogP contribution >= 0.6 is 0 Å². The van der Waals surface area contributed by atoms with Crippen LogP contribution in [0.15, 0.2) is 18.2 Å². The van der Waals surface area contributed by atoms with E-state index in [1.807, 2.05) is 0 Å². The summed E-state index contributed by atoms with van der Waals surface area (Å²) in [4.78, 5) is 21.1. The zero-order chi connectivity index (χ0) is 11.8. The number of hydrogen-bond acceptors (Lipinski definition) is 4. The number of aldehydes is 1. The van der Waals surface area contributed by atoms with Crippen LogP contribution in [0.25, 0.3) is 0 Å². The normalized spacial score (nSPS) is 16.6. The lowest BCUT2D eigenvalue weighted by Gasteiger charge is -2.09. The van der Waals surface area contributed by atoms with Gasteiger partial charge in [-0.15, -0.1) is 0 Å². The van der Waals surface area contributed by atoms with Gasteiger partial charge in [0.1, 0.15) is 6.29 Å². The highest BCUT2D eigenvalue weighted by molar-refractivity contribution is 5.74. The number of hydrogen-bond donors (Lipinski definition) is 0. The van der Waals surface area contributed by atoms with Crippen molar-refractivity contribution < 1.29 is 14.5 Å². The van der Waals surface area contributed by atoms with Crippen LogP contribution in [0.3, 0.4) is 0 Å². The summed E-state index contributed by atoms with van der Waals surface area (Å²) in [6.07, 6.45) is 2.52. The molecule has 0 bridgehead atoms. The molecule has 2 rings (SSSR count). The van der Waals surface area contributed by atoms with E-state index in [4.69, 9.17) is 4.74 Å². The molecule has 1 saturated carbocycles. The van der Waals surface area contributed by atoms with Gasteiger partial charge in [0.15, 0.2) is 5.75 Å². The van der Waals surface area contributed by atoms with Gasteiger partial charge in [0, 0.05) is 6.07 Å². The fraction of sp³-hybridized carbons (Fsp3) is 0.364. The van der Waals surface area contributed by atoms with Crippen LogP contribution in [0.1, 0.15) is 18.4 Å². The second-order valence-electron chi connectivity index (χ2n) is 3.92. The summed E-state index contributed by atoms with van der Waals surface area (Å²) in [5.74, 6) is 0.204. The Labute approximate surface area is 92.2 Å². The van der Waals surface area contributed by atoms with Crippen molar-refractivity contribution in [3.63, 3.8) is 0 Å². The van der Waals surface area contributed by atoms with Crippen LogP contribution in [0.4, 0.5) is 5.69 Å². The molecule has 1 aromatic carbocycles. The van der Waals surface area contributed by atoms with Crippen LogP contribution in [0, 0.1) is 10.1 Å². The molecule has 0 heterocycles. The minimum absolute atomic E-state index is 0.0760. The average Bonchev–Trinajstić information content (AvgIpc) is 3.09. The SMILES string of the molecule is COc1cc(C2(C=O)CC2)ccc1[N+](=O)[O-]. The number of benzene rings is 1. The van der Waals surface area contributed by atoms with E-state index < -0.39 is 10.3 Å². The Bertz CT molecular complexity index is 451. The quantitative estimate of drug-likeness (QED) is 0.442. The fourth-order valence-corrected chi connectivity index (χ4v) is 1.75. The fourth-order valence-electron chi connectivity index (χ4n) is 1.75. The maximum Gasteiger partial charge on any atom is 0.310 e. The Morgan fingerprint density at radius 2 is 2.19 bits per heavy atom. The Morgan fingerprint density at radius 3 is 2.62 bits per heavy atom. The molecule has 1 aromatic rings. The first-order chi connectivity index (χ1) is 7.63. The predicted molar refractivity (Wildman–Crippen MR) is 56.6 cm³/mol. The highest BCUT2D eigenvalue weighted by Crippen LogP contribution is 2.47. The number of carbonyl (C=O) groups is 1. The van der Waals surface area contributed by atoms with E-state index in [0.717, 1.165) is 24.7 Å². The molecule has 0 unspecified atom stereocenters. The molecule has 1 aliphatic carbocycles. The second-order valence-corrected chi connectivity index (χ2v) is 3.92. The number of nitrogens with zero attached hydrogens (tertiary/aromatic N) is 1. The van der Waals surface area contributed by atoms with Gasteiger partial charge in [-0.2, -0.15) is 0 Å². The van der Waals surface area contributed by atoms with Gasteiger partial charge < -0.3 is 9.53 Å². The lowest BCUT2D eigenvalue weighted by molar-refractivity contribution is -0.385. The molecule has 0 amide bonds. The molecule has 0 atom stereocenters. The number of rotatable bonds is 4. The van der Waals surface area contributed by atoms with E-state index in [2.05, 4.69) is 0 Å². The molecule has 0 saturated heterocycles. The van der Waals surface area contributed by atoms with Crippen molar-refractivity contribution in [2.45, 2.75) is 18.3 Å². The number of nitro benzene ring substituents is 1. The summed E-state index contributed by atoms with van der Waals surface area (Å²) in [5.41, 5.74) is 0.292. The van der Waals surface area contributed by atoms with Crippen molar-refractivity contribution in [3.05, 3.63) is 33.9 Å². The molecule has 16 heavy (non-hydrogen) atoms. The summed E-state index contributed by atoms with van der Waals surface area (Å²) in [7, 11) is 1.38. The molecule has 0 N–H and O–H groups in total. The molecule has 0 spiro atoms. The predicted octanol–water partition coefficient (Wildman–Crippen LogP) is 1.83. The Morgan fingerprint density at radius 1 is 1.50 bits per heavy atom. The Balaban J connectivity index is 2.45. The average molecular weight is 221 g/mol. The van der Waals surface area contributed by atoms with Gasteiger partial charge in [-0.25, -0.2) is 0 Å². The topological polar surface area (TPSA) is 69.4 Å². The van der Waals surface area contributed by atoms with E-state index in [9.17, 15) is 14.9 Å². The maximum absolute atomic E-state index is 10.9. The van der Waals surface area contributed by atoms with Gasteiger partial charge in [-0.3, -0.25) is 10.1 Å². The first kappa shape index (κ1) is 10.6. The molecule has 84 valence electrons. The highest BCUT2D eigenvalue weighted by Gasteiger charge is 2.44. The van der Waals surface area contributed by atoms with Gasteiger partial charge in [0.05, 0.1) is 17.4 Å². The first-order valence-electron chi connectivity index (χ1n) is 4.92.